The van der Waals surface area contributed by atoms with Crippen LogP contribution in [0.15, 0.2) is 76.6 Å². The van der Waals surface area contributed by atoms with Crippen LogP contribution in [0, 0.1) is 0 Å². The second-order valence-electron chi connectivity index (χ2n) is 6.26. The summed E-state index contributed by atoms with van der Waals surface area (Å²) in [5.41, 5.74) is 2.95. The summed E-state index contributed by atoms with van der Waals surface area (Å²) < 4.78 is 11.5. The van der Waals surface area contributed by atoms with Crippen LogP contribution in [0.1, 0.15) is 15.9 Å². The van der Waals surface area contributed by atoms with Crippen molar-refractivity contribution >= 4 is 17.7 Å². The number of aromatic nitrogens is 2. The first kappa shape index (κ1) is 18.9. The minimum Gasteiger partial charge on any atom is -0.497 e. The lowest BCUT2D eigenvalue weighted by Gasteiger charge is -2.03. The molecule has 0 aliphatic heterocycles. The molecular weight excluding hydrogens is 388 g/mol. The van der Waals surface area contributed by atoms with E-state index in [2.05, 4.69) is 9.97 Å². The average Bonchev–Trinajstić information content (AvgIpc) is 3.42. The number of carboxylic acid groups (broad SMARTS) is 1. The van der Waals surface area contributed by atoms with Gasteiger partial charge in [0.15, 0.2) is 5.16 Å². The van der Waals surface area contributed by atoms with E-state index in [4.69, 9.17) is 14.3 Å². The molecule has 0 aliphatic carbocycles. The fourth-order valence-electron chi connectivity index (χ4n) is 2.94. The number of nitrogens with zero attached hydrogens (tertiary/aromatic N) is 1. The Balaban J connectivity index is 1.72. The molecule has 0 unspecified atom stereocenters. The van der Waals surface area contributed by atoms with Crippen molar-refractivity contribution in [2.45, 2.75) is 10.9 Å². The van der Waals surface area contributed by atoms with Gasteiger partial charge in [-0.2, -0.15) is 0 Å². The van der Waals surface area contributed by atoms with Crippen LogP contribution in [0.2, 0.25) is 0 Å². The fraction of sp³-hybridized carbons (Fsp3) is 0.0909. The maximum absolute atomic E-state index is 11.2. The second kappa shape index (κ2) is 8.28. The van der Waals surface area contributed by atoms with E-state index < -0.39 is 5.97 Å². The number of imidazole rings is 1. The predicted molar refractivity (Wildman–Crippen MR) is 111 cm³/mol. The van der Waals surface area contributed by atoms with Gasteiger partial charge in [0.1, 0.15) is 17.3 Å². The number of hydrogen-bond acceptors (Lipinski definition) is 5. The molecule has 7 heteroatoms. The highest BCUT2D eigenvalue weighted by Crippen LogP contribution is 2.36. The van der Waals surface area contributed by atoms with Crippen molar-refractivity contribution in [3.63, 3.8) is 0 Å². The number of thioether (sulfide) groups is 1. The zero-order valence-corrected chi connectivity index (χ0v) is 16.4. The van der Waals surface area contributed by atoms with Crippen molar-refractivity contribution in [3.8, 4) is 28.4 Å². The Morgan fingerprint density at radius 3 is 2.69 bits per heavy atom. The van der Waals surface area contributed by atoms with Gasteiger partial charge in [0, 0.05) is 34.8 Å². The Morgan fingerprint density at radius 1 is 1.17 bits per heavy atom. The number of carboxylic acids is 1. The number of benzene rings is 2. The third-order valence-electron chi connectivity index (χ3n) is 4.39. The highest BCUT2D eigenvalue weighted by atomic mass is 32.2. The van der Waals surface area contributed by atoms with Gasteiger partial charge in [-0.3, -0.25) is 0 Å². The van der Waals surface area contributed by atoms with Crippen molar-refractivity contribution in [2.24, 2.45) is 0 Å². The second-order valence-corrected chi connectivity index (χ2v) is 7.23. The van der Waals surface area contributed by atoms with E-state index in [0.29, 0.717) is 11.5 Å². The Hall–Kier alpha value is -3.45. The van der Waals surface area contributed by atoms with Gasteiger partial charge in [-0.25, -0.2) is 9.78 Å². The van der Waals surface area contributed by atoms with Gasteiger partial charge in [0.25, 0.3) is 0 Å². The molecule has 0 fully saturated rings. The van der Waals surface area contributed by atoms with Crippen LogP contribution in [0.25, 0.3) is 22.6 Å². The summed E-state index contributed by atoms with van der Waals surface area (Å²) in [4.78, 5) is 18.5. The summed E-state index contributed by atoms with van der Waals surface area (Å²) in [5.74, 6) is 1.87. The van der Waals surface area contributed by atoms with Crippen LogP contribution in [-0.4, -0.2) is 28.2 Å². The van der Waals surface area contributed by atoms with Crippen LogP contribution in [0.5, 0.6) is 5.75 Å². The van der Waals surface area contributed by atoms with Gasteiger partial charge in [0.05, 0.1) is 12.7 Å². The first-order valence-corrected chi connectivity index (χ1v) is 9.85. The summed E-state index contributed by atoms with van der Waals surface area (Å²) >= 11 is 1.57. The van der Waals surface area contributed by atoms with Gasteiger partial charge in [-0.15, -0.1) is 0 Å². The molecule has 29 heavy (non-hydrogen) atoms. The van der Waals surface area contributed by atoms with Gasteiger partial charge in [-0.05, 0) is 30.3 Å². The molecule has 2 aromatic carbocycles. The number of nitrogens with one attached hydrogen (secondary N) is 1. The summed E-state index contributed by atoms with van der Waals surface area (Å²) in [7, 11) is 1.63. The maximum atomic E-state index is 11.2. The van der Waals surface area contributed by atoms with Crippen LogP contribution >= 0.6 is 11.8 Å². The number of aromatic carboxylic acids is 1. The van der Waals surface area contributed by atoms with E-state index in [1.807, 2.05) is 30.3 Å². The molecule has 4 aromatic rings. The van der Waals surface area contributed by atoms with Crippen molar-refractivity contribution in [1.82, 2.24) is 9.97 Å². The smallest absolute Gasteiger partial charge is 0.335 e. The molecule has 0 aliphatic rings. The lowest BCUT2D eigenvalue weighted by Crippen LogP contribution is -1.95. The van der Waals surface area contributed by atoms with Crippen molar-refractivity contribution < 1.29 is 19.1 Å². The molecule has 0 spiro atoms. The maximum Gasteiger partial charge on any atom is 0.335 e. The molecule has 0 saturated heterocycles. The van der Waals surface area contributed by atoms with Crippen LogP contribution in [0.4, 0.5) is 0 Å². The zero-order valence-electron chi connectivity index (χ0n) is 15.6. The number of rotatable bonds is 7. The minimum absolute atomic E-state index is 0.236. The van der Waals surface area contributed by atoms with Gasteiger partial charge in [0.2, 0.25) is 0 Å². The van der Waals surface area contributed by atoms with Gasteiger partial charge in [-0.1, -0.05) is 36.0 Å². The molecule has 6 nitrogen and oxygen atoms in total. The average molecular weight is 406 g/mol. The molecule has 0 radical (unpaired) electrons. The summed E-state index contributed by atoms with van der Waals surface area (Å²) in [6.07, 6.45) is 3.50. The fourth-order valence-corrected chi connectivity index (χ4v) is 3.73. The molecule has 2 heterocycles. The molecule has 0 atom stereocenters. The van der Waals surface area contributed by atoms with Crippen LogP contribution < -0.4 is 4.74 Å². The number of ether oxygens (including phenoxy) is 1. The minimum atomic E-state index is -0.957. The zero-order chi connectivity index (χ0) is 20.2. The Labute approximate surface area is 171 Å². The molecular formula is C22H18N2O4S. The van der Waals surface area contributed by atoms with E-state index in [0.717, 1.165) is 33.4 Å². The van der Waals surface area contributed by atoms with Crippen molar-refractivity contribution in [1.29, 1.82) is 0 Å². The highest BCUT2D eigenvalue weighted by molar-refractivity contribution is 7.98. The number of H-pyrrole nitrogens is 1. The highest BCUT2D eigenvalue weighted by Gasteiger charge is 2.16. The molecule has 4 rings (SSSR count). The summed E-state index contributed by atoms with van der Waals surface area (Å²) in [5, 5.41) is 9.96. The topological polar surface area (TPSA) is 88.3 Å². The third kappa shape index (κ3) is 4.20. The quantitative estimate of drug-likeness (QED) is 0.403. The third-order valence-corrected chi connectivity index (χ3v) is 5.35. The van der Waals surface area contributed by atoms with Crippen LogP contribution in [-0.2, 0) is 5.75 Å². The van der Waals surface area contributed by atoms with E-state index in [-0.39, 0.29) is 5.56 Å². The first-order valence-electron chi connectivity index (χ1n) is 8.87. The normalized spacial score (nSPS) is 10.8. The van der Waals surface area contributed by atoms with Crippen molar-refractivity contribution in [3.05, 3.63) is 78.1 Å². The lowest BCUT2D eigenvalue weighted by atomic mass is 10.1. The SMILES string of the molecule is COc1cccc(-c2cc(CSc3ncc[nH]3)c(-c3ccc(C(=O)O)cc3)o2)c1. The predicted octanol–water partition coefficient (Wildman–Crippen LogP) is 5.34. The van der Waals surface area contributed by atoms with E-state index in [1.54, 1.807) is 55.5 Å². The Kier molecular flexibility index (Phi) is 5.39. The number of aromatic amines is 1. The summed E-state index contributed by atoms with van der Waals surface area (Å²) in [6.45, 7) is 0. The van der Waals surface area contributed by atoms with E-state index in [1.165, 1.54) is 0 Å². The number of carbonyl (C=O) groups is 1. The van der Waals surface area contributed by atoms with Crippen molar-refractivity contribution in [2.75, 3.05) is 7.11 Å². The summed E-state index contributed by atoms with van der Waals surface area (Å²) in [6, 6.07) is 16.4. The lowest BCUT2D eigenvalue weighted by molar-refractivity contribution is 0.0697. The molecule has 0 bridgehead atoms. The Morgan fingerprint density at radius 2 is 2.00 bits per heavy atom. The number of hydrogen-bond donors (Lipinski definition) is 2. The largest absolute Gasteiger partial charge is 0.497 e. The van der Waals surface area contributed by atoms with Crippen LogP contribution in [0.3, 0.4) is 0 Å². The first-order chi connectivity index (χ1) is 14.1. The molecule has 0 amide bonds. The number of furan rings is 1. The standard InChI is InChI=1S/C22H18N2O4S/c1-27-18-4-2-3-16(11-18)19-12-17(13-29-22-23-9-10-24-22)20(28-19)14-5-7-15(8-6-14)21(25)26/h2-12H,13H2,1H3,(H,23,24)(H,25,26). The van der Waals surface area contributed by atoms with Gasteiger partial charge >= 0.3 is 5.97 Å². The van der Waals surface area contributed by atoms with Gasteiger partial charge < -0.3 is 19.2 Å². The molecule has 2 N–H and O–H groups in total. The van der Waals surface area contributed by atoms with E-state index >= 15 is 0 Å². The van der Waals surface area contributed by atoms with E-state index in [9.17, 15) is 4.79 Å². The molecule has 146 valence electrons. The Bertz CT molecular complexity index is 1120. The molecule has 2 aromatic heterocycles. The monoisotopic (exact) mass is 406 g/mol. The molecule has 0 saturated carbocycles. The number of methoxy groups -OCH3 is 1.